The van der Waals surface area contributed by atoms with E-state index >= 15 is 0 Å². The molecule has 2 rings (SSSR count). The van der Waals surface area contributed by atoms with Gasteiger partial charge in [0.2, 0.25) is 0 Å². The van der Waals surface area contributed by atoms with Crippen LogP contribution in [0.15, 0.2) is 12.3 Å². The summed E-state index contributed by atoms with van der Waals surface area (Å²) in [6.45, 7) is 5.68. The van der Waals surface area contributed by atoms with Gasteiger partial charge in [-0.1, -0.05) is 19.1 Å². The van der Waals surface area contributed by atoms with Gasteiger partial charge in [0.05, 0.1) is 11.8 Å². The van der Waals surface area contributed by atoms with Gasteiger partial charge >= 0.3 is 0 Å². The Bertz CT molecular complexity index is 429. The summed E-state index contributed by atoms with van der Waals surface area (Å²) in [7, 11) is 0. The molecule has 19 heavy (non-hydrogen) atoms. The monoisotopic (exact) mass is 279 g/mol. The Hall–Kier alpha value is -1.27. The molecule has 5 nitrogen and oxygen atoms in total. The van der Waals surface area contributed by atoms with Gasteiger partial charge in [0.25, 0.3) is 0 Å². The number of thiocarbonyl (C=S) groups is 1. The molecule has 1 aliphatic rings. The standard InChI is InChI=1S/C13H21N5S/c1-2-7-18-8-4-10(5-9-18)16-13-11(12(14)19)3-6-15-17-13/h3,6,10H,2,4-5,7-9H2,1H3,(H2,14,19)(H,16,17). The van der Waals surface area contributed by atoms with E-state index in [9.17, 15) is 0 Å². The number of aromatic nitrogens is 2. The van der Waals surface area contributed by atoms with Gasteiger partial charge in [-0.2, -0.15) is 5.10 Å². The summed E-state index contributed by atoms with van der Waals surface area (Å²) >= 11 is 5.03. The minimum atomic E-state index is 0.362. The molecule has 0 spiro atoms. The quantitative estimate of drug-likeness (QED) is 0.794. The van der Waals surface area contributed by atoms with Crippen molar-refractivity contribution in [1.29, 1.82) is 0 Å². The second-order valence-electron chi connectivity index (χ2n) is 4.92. The van der Waals surface area contributed by atoms with E-state index in [1.807, 2.05) is 6.07 Å². The largest absolute Gasteiger partial charge is 0.389 e. The molecule has 1 aromatic heterocycles. The number of nitrogens with one attached hydrogen (secondary N) is 1. The average molecular weight is 279 g/mol. The van der Waals surface area contributed by atoms with Crippen molar-refractivity contribution >= 4 is 23.0 Å². The third-order valence-corrected chi connectivity index (χ3v) is 3.67. The van der Waals surface area contributed by atoms with Crippen LogP contribution in [-0.4, -0.2) is 45.8 Å². The molecule has 6 heteroatoms. The first-order chi connectivity index (χ1) is 9.20. The van der Waals surface area contributed by atoms with E-state index in [0.29, 0.717) is 16.8 Å². The fourth-order valence-corrected chi connectivity index (χ4v) is 2.61. The lowest BCUT2D eigenvalue weighted by Crippen LogP contribution is -2.39. The molecule has 1 fully saturated rings. The average Bonchev–Trinajstić information content (AvgIpc) is 2.42. The van der Waals surface area contributed by atoms with Gasteiger partial charge in [-0.05, 0) is 31.9 Å². The van der Waals surface area contributed by atoms with E-state index in [0.717, 1.165) is 31.5 Å². The number of piperidine rings is 1. The molecule has 0 saturated carbocycles. The Morgan fingerprint density at radius 3 is 2.89 bits per heavy atom. The first-order valence-corrected chi connectivity index (χ1v) is 7.22. The fraction of sp³-hybridized carbons (Fsp3) is 0.615. The maximum absolute atomic E-state index is 5.70. The molecule has 3 N–H and O–H groups in total. The van der Waals surface area contributed by atoms with Crippen molar-refractivity contribution in [2.75, 3.05) is 25.0 Å². The van der Waals surface area contributed by atoms with Gasteiger partial charge in [-0.25, -0.2) is 0 Å². The number of nitrogens with two attached hydrogens (primary N) is 1. The van der Waals surface area contributed by atoms with Gasteiger partial charge in [-0.15, -0.1) is 5.10 Å². The summed E-state index contributed by atoms with van der Waals surface area (Å²) in [5.74, 6) is 0.712. The van der Waals surface area contributed by atoms with Crippen molar-refractivity contribution in [1.82, 2.24) is 15.1 Å². The van der Waals surface area contributed by atoms with Crippen LogP contribution in [0, 0.1) is 0 Å². The summed E-state index contributed by atoms with van der Waals surface area (Å²) in [5, 5.41) is 11.4. The second kappa shape index (κ2) is 6.77. The number of anilines is 1. The lowest BCUT2D eigenvalue weighted by molar-refractivity contribution is 0.219. The van der Waals surface area contributed by atoms with E-state index in [4.69, 9.17) is 18.0 Å². The lowest BCUT2D eigenvalue weighted by atomic mass is 10.0. The van der Waals surface area contributed by atoms with Crippen molar-refractivity contribution in [3.05, 3.63) is 17.8 Å². The fourth-order valence-electron chi connectivity index (χ4n) is 2.45. The minimum Gasteiger partial charge on any atom is -0.389 e. The van der Waals surface area contributed by atoms with Gasteiger partial charge in [-0.3, -0.25) is 0 Å². The van der Waals surface area contributed by atoms with Crippen LogP contribution < -0.4 is 11.1 Å². The second-order valence-corrected chi connectivity index (χ2v) is 5.36. The van der Waals surface area contributed by atoms with Gasteiger partial charge in [0.15, 0.2) is 5.82 Å². The molecule has 1 aromatic rings. The Morgan fingerprint density at radius 1 is 1.53 bits per heavy atom. The van der Waals surface area contributed by atoms with E-state index in [-0.39, 0.29) is 0 Å². The first kappa shape index (κ1) is 14.1. The van der Waals surface area contributed by atoms with Crippen molar-refractivity contribution in [3.8, 4) is 0 Å². The van der Waals surface area contributed by atoms with Gasteiger partial charge < -0.3 is 16.0 Å². The summed E-state index contributed by atoms with van der Waals surface area (Å²) in [6, 6.07) is 2.24. The molecule has 2 heterocycles. The zero-order chi connectivity index (χ0) is 13.7. The van der Waals surface area contributed by atoms with E-state index < -0.39 is 0 Å². The summed E-state index contributed by atoms with van der Waals surface area (Å²) in [4.78, 5) is 2.87. The van der Waals surface area contributed by atoms with Crippen molar-refractivity contribution in [2.24, 2.45) is 5.73 Å². The molecule has 1 aliphatic heterocycles. The maximum atomic E-state index is 5.70. The maximum Gasteiger partial charge on any atom is 0.159 e. The van der Waals surface area contributed by atoms with E-state index in [2.05, 4.69) is 27.3 Å². The van der Waals surface area contributed by atoms with Crippen LogP contribution in [-0.2, 0) is 0 Å². The van der Waals surface area contributed by atoms with Crippen LogP contribution in [0.2, 0.25) is 0 Å². The number of nitrogens with zero attached hydrogens (tertiary/aromatic N) is 3. The van der Waals surface area contributed by atoms with Crippen LogP contribution in [0.4, 0.5) is 5.82 Å². The summed E-state index contributed by atoms with van der Waals surface area (Å²) in [6.07, 6.45) is 5.07. The van der Waals surface area contributed by atoms with Crippen LogP contribution in [0.25, 0.3) is 0 Å². The predicted octanol–water partition coefficient (Wildman–Crippen LogP) is 1.40. The Labute approximate surface area is 119 Å². The predicted molar refractivity (Wildman–Crippen MR) is 81.3 cm³/mol. The third-order valence-electron chi connectivity index (χ3n) is 3.45. The van der Waals surface area contributed by atoms with Crippen molar-refractivity contribution in [2.45, 2.75) is 32.2 Å². The molecular weight excluding hydrogens is 258 g/mol. The smallest absolute Gasteiger partial charge is 0.159 e. The van der Waals surface area contributed by atoms with E-state index in [1.165, 1.54) is 13.0 Å². The highest BCUT2D eigenvalue weighted by atomic mass is 32.1. The highest BCUT2D eigenvalue weighted by molar-refractivity contribution is 7.80. The Balaban J connectivity index is 1.94. The lowest BCUT2D eigenvalue weighted by Gasteiger charge is -2.32. The van der Waals surface area contributed by atoms with Gasteiger partial charge in [0.1, 0.15) is 4.99 Å². The Kier molecular flexibility index (Phi) is 5.04. The molecule has 0 atom stereocenters. The topological polar surface area (TPSA) is 67.1 Å². The van der Waals surface area contributed by atoms with Gasteiger partial charge in [0, 0.05) is 19.1 Å². The highest BCUT2D eigenvalue weighted by Crippen LogP contribution is 2.17. The number of hydrogen-bond acceptors (Lipinski definition) is 5. The van der Waals surface area contributed by atoms with Crippen LogP contribution >= 0.6 is 12.2 Å². The van der Waals surface area contributed by atoms with E-state index in [1.54, 1.807) is 6.20 Å². The molecule has 0 aromatic carbocycles. The molecule has 104 valence electrons. The number of rotatable bonds is 5. The Morgan fingerprint density at radius 2 is 2.26 bits per heavy atom. The normalized spacial score (nSPS) is 17.3. The summed E-state index contributed by atoms with van der Waals surface area (Å²) in [5.41, 5.74) is 6.48. The first-order valence-electron chi connectivity index (χ1n) is 6.81. The van der Waals surface area contributed by atoms with Crippen molar-refractivity contribution in [3.63, 3.8) is 0 Å². The molecule has 0 unspecified atom stereocenters. The molecule has 0 aliphatic carbocycles. The van der Waals surface area contributed by atoms with Crippen LogP contribution in [0.3, 0.4) is 0 Å². The molecular formula is C13H21N5S. The number of hydrogen-bond donors (Lipinski definition) is 2. The SMILES string of the molecule is CCCN1CCC(Nc2nnccc2C(N)=S)CC1. The van der Waals surface area contributed by atoms with Crippen molar-refractivity contribution < 1.29 is 0 Å². The molecule has 1 saturated heterocycles. The number of likely N-dealkylation sites (tertiary alicyclic amines) is 1. The summed E-state index contributed by atoms with van der Waals surface area (Å²) < 4.78 is 0. The minimum absolute atomic E-state index is 0.362. The third kappa shape index (κ3) is 3.84. The highest BCUT2D eigenvalue weighted by Gasteiger charge is 2.20. The zero-order valence-electron chi connectivity index (χ0n) is 11.3. The zero-order valence-corrected chi connectivity index (χ0v) is 12.1. The van der Waals surface area contributed by atoms with Crippen LogP contribution in [0.1, 0.15) is 31.7 Å². The molecule has 0 radical (unpaired) electrons. The molecule has 0 amide bonds. The van der Waals surface area contributed by atoms with Crippen LogP contribution in [0.5, 0.6) is 0 Å². The molecule has 0 bridgehead atoms.